The number of para-hydroxylation sites is 1. The summed E-state index contributed by atoms with van der Waals surface area (Å²) in [7, 11) is 3.82. The standard InChI is InChI=1S/C18H23N5O2/c1-22(2)18-19-10-14(11-20-18)12-23-8-9-25-16(13-23)17(24)21-15-6-4-3-5-7-15/h3-7,10-11,16H,8-9,12-13H2,1-2H3,(H,21,24)/t16-/m1/s1. The lowest BCUT2D eigenvalue weighted by atomic mass is 10.2. The first-order chi connectivity index (χ1) is 12.1. The molecule has 0 radical (unpaired) electrons. The van der Waals surface area contributed by atoms with Gasteiger partial charge in [-0.05, 0) is 12.1 Å². The van der Waals surface area contributed by atoms with Crippen LogP contribution in [0.25, 0.3) is 0 Å². The SMILES string of the molecule is CN(C)c1ncc(CN2CCO[C@@H](C(=O)Nc3ccccc3)C2)cn1. The highest BCUT2D eigenvalue weighted by Gasteiger charge is 2.26. The number of rotatable bonds is 5. The molecule has 1 atom stereocenters. The molecule has 1 amide bonds. The Hall–Kier alpha value is -2.51. The monoisotopic (exact) mass is 341 g/mol. The summed E-state index contributed by atoms with van der Waals surface area (Å²) in [6, 6.07) is 9.42. The highest BCUT2D eigenvalue weighted by atomic mass is 16.5. The first-order valence-corrected chi connectivity index (χ1v) is 8.30. The van der Waals surface area contributed by atoms with Gasteiger partial charge < -0.3 is 15.0 Å². The predicted molar refractivity (Wildman–Crippen MR) is 96.4 cm³/mol. The second-order valence-corrected chi connectivity index (χ2v) is 6.24. The molecule has 1 aliphatic rings. The Kier molecular flexibility index (Phi) is 5.57. The Morgan fingerprint density at radius 1 is 1.28 bits per heavy atom. The lowest BCUT2D eigenvalue weighted by Crippen LogP contribution is -2.47. The maximum atomic E-state index is 12.4. The van der Waals surface area contributed by atoms with E-state index in [-0.39, 0.29) is 5.91 Å². The Balaban J connectivity index is 1.56. The maximum Gasteiger partial charge on any atom is 0.254 e. The molecule has 1 aliphatic heterocycles. The summed E-state index contributed by atoms with van der Waals surface area (Å²) < 4.78 is 5.64. The van der Waals surface area contributed by atoms with E-state index in [4.69, 9.17) is 4.74 Å². The van der Waals surface area contributed by atoms with E-state index >= 15 is 0 Å². The maximum absolute atomic E-state index is 12.4. The third-order valence-corrected chi connectivity index (χ3v) is 3.98. The van der Waals surface area contributed by atoms with Gasteiger partial charge in [0, 0.05) is 57.4 Å². The van der Waals surface area contributed by atoms with Gasteiger partial charge in [-0.1, -0.05) is 18.2 Å². The van der Waals surface area contributed by atoms with Gasteiger partial charge in [0.2, 0.25) is 5.95 Å². The summed E-state index contributed by atoms with van der Waals surface area (Å²) in [4.78, 5) is 25.1. The number of anilines is 2. The molecule has 0 aliphatic carbocycles. The number of amides is 1. The normalized spacial score (nSPS) is 17.9. The fraction of sp³-hybridized carbons (Fsp3) is 0.389. The molecule has 25 heavy (non-hydrogen) atoms. The van der Waals surface area contributed by atoms with Gasteiger partial charge in [-0.25, -0.2) is 9.97 Å². The van der Waals surface area contributed by atoms with E-state index in [9.17, 15) is 4.79 Å². The number of nitrogens with zero attached hydrogens (tertiary/aromatic N) is 4. The van der Waals surface area contributed by atoms with Crippen LogP contribution in [0.5, 0.6) is 0 Å². The molecule has 7 nitrogen and oxygen atoms in total. The highest BCUT2D eigenvalue weighted by molar-refractivity contribution is 5.94. The number of carbonyl (C=O) groups excluding carboxylic acids is 1. The van der Waals surface area contributed by atoms with Crippen LogP contribution in [0.3, 0.4) is 0 Å². The van der Waals surface area contributed by atoms with E-state index in [1.54, 1.807) is 0 Å². The molecule has 0 unspecified atom stereocenters. The van der Waals surface area contributed by atoms with Crippen LogP contribution in [0.15, 0.2) is 42.7 Å². The van der Waals surface area contributed by atoms with E-state index < -0.39 is 6.10 Å². The zero-order valence-corrected chi connectivity index (χ0v) is 14.6. The lowest BCUT2D eigenvalue weighted by molar-refractivity contribution is -0.133. The average Bonchev–Trinajstić information content (AvgIpc) is 2.63. The van der Waals surface area contributed by atoms with Crippen molar-refractivity contribution in [3.63, 3.8) is 0 Å². The number of aromatic nitrogens is 2. The van der Waals surface area contributed by atoms with Crippen molar-refractivity contribution in [2.45, 2.75) is 12.6 Å². The number of hydrogen-bond donors (Lipinski definition) is 1. The van der Waals surface area contributed by atoms with Gasteiger partial charge in [-0.15, -0.1) is 0 Å². The van der Waals surface area contributed by atoms with Gasteiger partial charge in [-0.2, -0.15) is 0 Å². The minimum absolute atomic E-state index is 0.116. The van der Waals surface area contributed by atoms with Gasteiger partial charge >= 0.3 is 0 Å². The number of carbonyl (C=O) groups is 1. The highest BCUT2D eigenvalue weighted by Crippen LogP contribution is 2.13. The third kappa shape index (κ3) is 4.74. The molecule has 0 bridgehead atoms. The molecule has 7 heteroatoms. The summed E-state index contributed by atoms with van der Waals surface area (Å²) >= 11 is 0. The van der Waals surface area contributed by atoms with Crippen LogP contribution in [0.4, 0.5) is 11.6 Å². The second-order valence-electron chi connectivity index (χ2n) is 6.24. The zero-order valence-electron chi connectivity index (χ0n) is 14.6. The van der Waals surface area contributed by atoms with Crippen molar-refractivity contribution in [2.24, 2.45) is 0 Å². The van der Waals surface area contributed by atoms with E-state index in [0.717, 1.165) is 17.8 Å². The van der Waals surface area contributed by atoms with Crippen molar-refractivity contribution < 1.29 is 9.53 Å². The fourth-order valence-corrected chi connectivity index (χ4v) is 2.67. The smallest absolute Gasteiger partial charge is 0.254 e. The number of nitrogens with one attached hydrogen (secondary N) is 1. The first kappa shape index (κ1) is 17.3. The first-order valence-electron chi connectivity index (χ1n) is 8.30. The molecular formula is C18H23N5O2. The number of morpholine rings is 1. The van der Waals surface area contributed by atoms with Crippen LogP contribution in [-0.4, -0.2) is 60.7 Å². The molecule has 1 N–H and O–H groups in total. The van der Waals surface area contributed by atoms with E-state index in [1.165, 1.54) is 0 Å². The molecule has 3 rings (SSSR count). The van der Waals surface area contributed by atoms with Crippen molar-refractivity contribution in [1.82, 2.24) is 14.9 Å². The lowest BCUT2D eigenvalue weighted by Gasteiger charge is -2.32. The van der Waals surface area contributed by atoms with Crippen molar-refractivity contribution >= 4 is 17.5 Å². The number of hydrogen-bond acceptors (Lipinski definition) is 6. The van der Waals surface area contributed by atoms with Crippen molar-refractivity contribution in [2.75, 3.05) is 44.0 Å². The molecule has 1 saturated heterocycles. The van der Waals surface area contributed by atoms with Gasteiger partial charge in [0.25, 0.3) is 5.91 Å². The van der Waals surface area contributed by atoms with Crippen molar-refractivity contribution in [3.8, 4) is 0 Å². The Morgan fingerprint density at radius 3 is 2.68 bits per heavy atom. The summed E-state index contributed by atoms with van der Waals surface area (Å²) in [6.45, 7) is 2.56. The largest absolute Gasteiger partial charge is 0.366 e. The van der Waals surface area contributed by atoms with Gasteiger partial charge in [-0.3, -0.25) is 9.69 Å². The third-order valence-electron chi connectivity index (χ3n) is 3.98. The molecule has 0 saturated carbocycles. The number of ether oxygens (including phenoxy) is 1. The predicted octanol–water partition coefficient (Wildman–Crippen LogP) is 1.38. The van der Waals surface area contributed by atoms with Crippen LogP contribution < -0.4 is 10.2 Å². The Morgan fingerprint density at radius 2 is 2.00 bits per heavy atom. The Bertz CT molecular complexity index is 690. The van der Waals surface area contributed by atoms with Gasteiger partial charge in [0.05, 0.1) is 6.61 Å². The van der Waals surface area contributed by atoms with Crippen LogP contribution in [0.1, 0.15) is 5.56 Å². The summed E-state index contributed by atoms with van der Waals surface area (Å²) in [5, 5.41) is 2.90. The minimum Gasteiger partial charge on any atom is -0.366 e. The average molecular weight is 341 g/mol. The minimum atomic E-state index is -0.476. The van der Waals surface area contributed by atoms with Gasteiger partial charge in [0.15, 0.2) is 0 Å². The quantitative estimate of drug-likeness (QED) is 0.886. The van der Waals surface area contributed by atoms with Crippen LogP contribution >= 0.6 is 0 Å². The molecule has 1 aromatic carbocycles. The molecule has 2 aromatic rings. The molecule has 132 valence electrons. The zero-order chi connectivity index (χ0) is 17.6. The van der Waals surface area contributed by atoms with Crippen molar-refractivity contribution in [3.05, 3.63) is 48.3 Å². The van der Waals surface area contributed by atoms with Crippen LogP contribution in [0.2, 0.25) is 0 Å². The van der Waals surface area contributed by atoms with E-state index in [0.29, 0.717) is 25.6 Å². The van der Waals surface area contributed by atoms with E-state index in [1.807, 2.05) is 61.7 Å². The summed E-state index contributed by atoms with van der Waals surface area (Å²) in [5.74, 6) is 0.570. The van der Waals surface area contributed by atoms with Crippen LogP contribution in [-0.2, 0) is 16.1 Å². The summed E-state index contributed by atoms with van der Waals surface area (Å²) in [6.07, 6.45) is 3.18. The number of benzene rings is 1. The van der Waals surface area contributed by atoms with Crippen LogP contribution in [0, 0.1) is 0 Å². The topological polar surface area (TPSA) is 70.6 Å². The van der Waals surface area contributed by atoms with Crippen molar-refractivity contribution in [1.29, 1.82) is 0 Å². The molecular weight excluding hydrogens is 318 g/mol. The molecule has 0 spiro atoms. The Labute approximate surface area is 147 Å². The summed E-state index contributed by atoms with van der Waals surface area (Å²) in [5.41, 5.74) is 1.80. The fourth-order valence-electron chi connectivity index (χ4n) is 2.67. The van der Waals surface area contributed by atoms with E-state index in [2.05, 4.69) is 20.2 Å². The molecule has 1 fully saturated rings. The van der Waals surface area contributed by atoms with Gasteiger partial charge in [0.1, 0.15) is 6.10 Å². The molecule has 1 aromatic heterocycles. The second kappa shape index (κ2) is 8.04. The molecule has 2 heterocycles.